The molecule has 0 bridgehead atoms. The van der Waals surface area contributed by atoms with Gasteiger partial charge in [-0.1, -0.05) is 13.8 Å². The Morgan fingerprint density at radius 1 is 1.30 bits per heavy atom. The van der Waals surface area contributed by atoms with Gasteiger partial charge in [-0.05, 0) is 0 Å². The molecule has 1 rings (SSSR count). The lowest BCUT2D eigenvalue weighted by molar-refractivity contribution is -0.546. The van der Waals surface area contributed by atoms with E-state index < -0.39 is 0 Å². The van der Waals surface area contributed by atoms with Crippen molar-refractivity contribution in [2.24, 2.45) is 5.92 Å². The van der Waals surface area contributed by atoms with Crippen LogP contribution >= 0.6 is 0 Å². The molecule has 1 aliphatic heterocycles. The van der Waals surface area contributed by atoms with Crippen LogP contribution in [0.2, 0.25) is 0 Å². The topological polar surface area (TPSA) is 12.2 Å². The van der Waals surface area contributed by atoms with Crippen LogP contribution in [0.4, 0.5) is 0 Å². The van der Waals surface area contributed by atoms with Crippen LogP contribution in [-0.4, -0.2) is 37.1 Å². The molecule has 2 heteroatoms. The normalized spacial score (nSPS) is 19.7. The van der Waals surface area contributed by atoms with Crippen molar-refractivity contribution in [2.75, 3.05) is 26.3 Å². The van der Waals surface area contributed by atoms with Gasteiger partial charge in [-0.3, -0.25) is 0 Å². The fourth-order valence-corrected chi connectivity index (χ4v) is 1.15. The third kappa shape index (κ3) is 2.48. The molecule has 0 N–H and O–H groups in total. The van der Waals surface area contributed by atoms with E-state index in [1.165, 1.54) is 0 Å². The van der Waals surface area contributed by atoms with Gasteiger partial charge in [-0.2, -0.15) is 0 Å². The molecule has 0 aliphatic carbocycles. The molecule has 58 valence electrons. The molecule has 1 heterocycles. The zero-order chi connectivity index (χ0) is 7.40. The van der Waals surface area contributed by atoms with Crippen LogP contribution in [0.5, 0.6) is 0 Å². The lowest BCUT2D eigenvalue weighted by Gasteiger charge is -2.10. The highest BCUT2D eigenvalue weighted by atomic mass is 16.5. The van der Waals surface area contributed by atoms with E-state index >= 15 is 0 Å². The highest BCUT2D eigenvalue weighted by molar-refractivity contribution is 5.53. The second-order valence-electron chi connectivity index (χ2n) is 3.04. The summed E-state index contributed by atoms with van der Waals surface area (Å²) in [5.41, 5.74) is 0. The van der Waals surface area contributed by atoms with E-state index in [2.05, 4.69) is 24.6 Å². The fourth-order valence-electron chi connectivity index (χ4n) is 1.15. The quantitative estimate of drug-likeness (QED) is 0.492. The van der Waals surface area contributed by atoms with Crippen LogP contribution < -0.4 is 0 Å². The van der Waals surface area contributed by atoms with Crippen molar-refractivity contribution in [3.63, 3.8) is 0 Å². The highest BCUT2D eigenvalue weighted by Crippen LogP contribution is 1.91. The largest absolute Gasteiger partial charge is 0.368 e. The minimum atomic E-state index is 0.665. The number of nitrogens with zero attached hydrogens (tertiary/aromatic N) is 1. The third-order valence-electron chi connectivity index (χ3n) is 1.55. The lowest BCUT2D eigenvalue weighted by atomic mass is 10.2. The van der Waals surface area contributed by atoms with E-state index in [4.69, 9.17) is 4.74 Å². The number of hydrogen-bond donors (Lipinski definition) is 0. The maximum atomic E-state index is 5.22. The van der Waals surface area contributed by atoms with Crippen molar-refractivity contribution in [3.8, 4) is 0 Å². The number of hydrogen-bond acceptors (Lipinski definition) is 1. The van der Waals surface area contributed by atoms with Gasteiger partial charge in [0.25, 0.3) is 0 Å². The fraction of sp³-hybridized carbons (Fsp3) is 0.875. The molecule has 2 nitrogen and oxygen atoms in total. The van der Waals surface area contributed by atoms with Crippen LogP contribution in [0.15, 0.2) is 0 Å². The predicted octanol–water partition coefficient (Wildman–Crippen LogP) is 0.756. The van der Waals surface area contributed by atoms with Gasteiger partial charge in [0.05, 0.1) is 0 Å². The number of morpholine rings is 1. The van der Waals surface area contributed by atoms with Crippen LogP contribution in [-0.2, 0) is 4.74 Å². The van der Waals surface area contributed by atoms with E-state index in [0.29, 0.717) is 5.92 Å². The molecule has 1 fully saturated rings. The second-order valence-corrected chi connectivity index (χ2v) is 3.04. The predicted molar refractivity (Wildman–Crippen MR) is 41.7 cm³/mol. The molecule has 0 saturated carbocycles. The monoisotopic (exact) mass is 142 g/mol. The minimum absolute atomic E-state index is 0.665. The summed E-state index contributed by atoms with van der Waals surface area (Å²) in [6.07, 6.45) is 2.28. The molecule has 10 heavy (non-hydrogen) atoms. The van der Waals surface area contributed by atoms with Gasteiger partial charge in [0.1, 0.15) is 19.4 Å². The summed E-state index contributed by atoms with van der Waals surface area (Å²) < 4.78 is 7.56. The first-order valence-corrected chi connectivity index (χ1v) is 3.96. The maximum Gasteiger partial charge on any atom is 0.165 e. The minimum Gasteiger partial charge on any atom is -0.368 e. The molecule has 0 unspecified atom stereocenters. The van der Waals surface area contributed by atoms with Gasteiger partial charge in [-0.25, -0.2) is 4.58 Å². The Labute approximate surface area is 62.5 Å². The Morgan fingerprint density at radius 2 is 1.90 bits per heavy atom. The standard InChI is InChI=1S/C8H16NO/c1-8(2)7-9-3-5-10-6-4-9/h7-8H,3-6H2,1-2H3/q+1. The maximum absolute atomic E-state index is 5.22. The van der Waals surface area contributed by atoms with Crippen molar-refractivity contribution in [1.29, 1.82) is 0 Å². The molecule has 0 aromatic heterocycles. The van der Waals surface area contributed by atoms with Gasteiger partial charge in [0.15, 0.2) is 13.1 Å². The van der Waals surface area contributed by atoms with Gasteiger partial charge in [0.2, 0.25) is 0 Å². The summed E-state index contributed by atoms with van der Waals surface area (Å²) >= 11 is 0. The van der Waals surface area contributed by atoms with Crippen LogP contribution in [0, 0.1) is 5.92 Å². The molecule has 0 radical (unpaired) electrons. The summed E-state index contributed by atoms with van der Waals surface area (Å²) in [4.78, 5) is 0. The molecule has 1 aliphatic rings. The Hall–Kier alpha value is -0.370. The Balaban J connectivity index is 2.37. The van der Waals surface area contributed by atoms with Gasteiger partial charge >= 0.3 is 0 Å². The first kappa shape index (κ1) is 7.73. The van der Waals surface area contributed by atoms with Gasteiger partial charge < -0.3 is 4.74 Å². The van der Waals surface area contributed by atoms with Crippen LogP contribution in [0.1, 0.15) is 13.8 Å². The Kier molecular flexibility index (Phi) is 2.87. The Morgan fingerprint density at radius 3 is 2.40 bits per heavy atom. The number of ether oxygens (including phenoxy) is 1. The van der Waals surface area contributed by atoms with Crippen molar-refractivity contribution >= 4 is 6.21 Å². The van der Waals surface area contributed by atoms with Gasteiger partial charge in [-0.15, -0.1) is 0 Å². The van der Waals surface area contributed by atoms with E-state index in [1.54, 1.807) is 0 Å². The average molecular weight is 142 g/mol. The summed E-state index contributed by atoms with van der Waals surface area (Å²) in [6, 6.07) is 0. The highest BCUT2D eigenvalue weighted by Gasteiger charge is 2.10. The van der Waals surface area contributed by atoms with E-state index in [9.17, 15) is 0 Å². The van der Waals surface area contributed by atoms with Gasteiger partial charge in [0, 0.05) is 5.92 Å². The average Bonchev–Trinajstić information content (AvgIpc) is 1.88. The summed E-state index contributed by atoms with van der Waals surface area (Å²) in [5, 5.41) is 0. The number of rotatable bonds is 1. The van der Waals surface area contributed by atoms with Crippen LogP contribution in [0.3, 0.4) is 0 Å². The zero-order valence-corrected chi connectivity index (χ0v) is 6.84. The van der Waals surface area contributed by atoms with Crippen molar-refractivity contribution in [3.05, 3.63) is 0 Å². The van der Waals surface area contributed by atoms with Crippen molar-refractivity contribution in [1.82, 2.24) is 0 Å². The van der Waals surface area contributed by atoms with E-state index in [0.717, 1.165) is 26.3 Å². The molecule has 0 aromatic carbocycles. The van der Waals surface area contributed by atoms with E-state index in [1.807, 2.05) is 0 Å². The Bertz CT molecular complexity index is 121. The second kappa shape index (κ2) is 3.71. The smallest absolute Gasteiger partial charge is 0.165 e. The summed E-state index contributed by atoms with van der Waals surface area (Å²) in [5.74, 6) is 0.665. The summed E-state index contributed by atoms with van der Waals surface area (Å²) in [7, 11) is 0. The SMILES string of the molecule is CC(C)C=[N+]1CCOCC1. The van der Waals surface area contributed by atoms with Crippen molar-refractivity contribution in [2.45, 2.75) is 13.8 Å². The summed E-state index contributed by atoms with van der Waals surface area (Å²) in [6.45, 7) is 8.33. The molecule has 1 saturated heterocycles. The molecular weight excluding hydrogens is 126 g/mol. The zero-order valence-electron chi connectivity index (χ0n) is 6.84. The van der Waals surface area contributed by atoms with E-state index in [-0.39, 0.29) is 0 Å². The molecule has 0 amide bonds. The van der Waals surface area contributed by atoms with Crippen LogP contribution in [0.25, 0.3) is 0 Å². The first-order chi connectivity index (χ1) is 4.79. The molecule has 0 spiro atoms. The molecule has 0 aromatic rings. The molecular formula is C8H16NO+. The molecule has 0 atom stereocenters. The van der Waals surface area contributed by atoms with Crippen molar-refractivity contribution < 1.29 is 9.31 Å². The first-order valence-electron chi connectivity index (χ1n) is 3.96. The third-order valence-corrected chi connectivity index (χ3v) is 1.55. The lowest BCUT2D eigenvalue weighted by Crippen LogP contribution is -2.30.